The summed E-state index contributed by atoms with van der Waals surface area (Å²) in [6, 6.07) is 8.22. The minimum atomic E-state index is -0.193. The van der Waals surface area contributed by atoms with Gasteiger partial charge in [0, 0.05) is 18.3 Å². The maximum Gasteiger partial charge on any atom is 0.343 e. The zero-order valence-corrected chi connectivity index (χ0v) is 10.8. The Bertz CT molecular complexity index is 633. The molecular formula is C12H14N4OS. The van der Waals surface area contributed by atoms with Crippen LogP contribution < -0.4 is 11.4 Å². The molecule has 1 aromatic carbocycles. The number of hydrogen-bond acceptors (Lipinski definition) is 4. The zero-order chi connectivity index (χ0) is 12.7. The van der Waals surface area contributed by atoms with Crippen LogP contribution in [0.3, 0.4) is 0 Å². The van der Waals surface area contributed by atoms with Gasteiger partial charge in [-0.3, -0.25) is 4.57 Å². The van der Waals surface area contributed by atoms with Gasteiger partial charge in [-0.2, -0.15) is 0 Å². The monoisotopic (exact) mass is 262 g/mol. The van der Waals surface area contributed by atoms with Crippen molar-refractivity contribution in [3.05, 3.63) is 45.9 Å². The zero-order valence-electron chi connectivity index (χ0n) is 9.96. The maximum atomic E-state index is 11.3. The number of benzene rings is 1. The van der Waals surface area contributed by atoms with E-state index in [1.807, 2.05) is 12.1 Å². The summed E-state index contributed by atoms with van der Waals surface area (Å²) in [4.78, 5) is 11.3. The summed E-state index contributed by atoms with van der Waals surface area (Å²) in [5.74, 6) is 0. The van der Waals surface area contributed by atoms with E-state index < -0.39 is 0 Å². The van der Waals surface area contributed by atoms with Crippen molar-refractivity contribution in [2.24, 2.45) is 12.8 Å². The fourth-order valence-corrected chi connectivity index (χ4v) is 3.44. The van der Waals surface area contributed by atoms with E-state index in [1.54, 1.807) is 18.8 Å². The molecule has 18 heavy (non-hydrogen) atoms. The third-order valence-corrected chi connectivity index (χ3v) is 4.67. The van der Waals surface area contributed by atoms with Crippen molar-refractivity contribution in [1.29, 1.82) is 0 Å². The van der Waals surface area contributed by atoms with Crippen molar-refractivity contribution in [1.82, 2.24) is 14.8 Å². The Morgan fingerprint density at radius 2 is 2.28 bits per heavy atom. The van der Waals surface area contributed by atoms with Crippen LogP contribution in [0.5, 0.6) is 0 Å². The van der Waals surface area contributed by atoms with Gasteiger partial charge in [0.1, 0.15) is 0 Å². The van der Waals surface area contributed by atoms with E-state index in [1.165, 1.54) is 15.7 Å². The molecule has 94 valence electrons. The minimum absolute atomic E-state index is 0.00185. The van der Waals surface area contributed by atoms with Crippen LogP contribution in [0, 0.1) is 0 Å². The van der Waals surface area contributed by atoms with Crippen LogP contribution in [0.4, 0.5) is 0 Å². The molecule has 2 unspecified atom stereocenters. The van der Waals surface area contributed by atoms with Crippen molar-refractivity contribution in [3.63, 3.8) is 0 Å². The third-order valence-electron chi connectivity index (χ3n) is 3.33. The molecule has 1 aliphatic carbocycles. The predicted octanol–water partition coefficient (Wildman–Crippen LogP) is 0.825. The molecule has 0 fully saturated rings. The highest BCUT2D eigenvalue weighted by Gasteiger charge is 2.31. The molecule has 0 saturated heterocycles. The summed E-state index contributed by atoms with van der Waals surface area (Å²) >= 11 is 1.56. The molecule has 0 aliphatic heterocycles. The number of nitrogens with zero attached hydrogens (tertiary/aromatic N) is 2. The average molecular weight is 262 g/mol. The molecule has 0 spiro atoms. The van der Waals surface area contributed by atoms with E-state index in [-0.39, 0.29) is 17.0 Å². The third kappa shape index (κ3) is 1.77. The first kappa shape index (κ1) is 11.6. The van der Waals surface area contributed by atoms with Crippen molar-refractivity contribution in [3.8, 4) is 0 Å². The summed E-state index contributed by atoms with van der Waals surface area (Å²) < 4.78 is 1.51. The van der Waals surface area contributed by atoms with Gasteiger partial charge in [0.15, 0.2) is 5.16 Å². The molecule has 0 bridgehead atoms. The van der Waals surface area contributed by atoms with Gasteiger partial charge in [-0.1, -0.05) is 36.0 Å². The Morgan fingerprint density at radius 1 is 1.50 bits per heavy atom. The molecular weight excluding hydrogens is 248 g/mol. The van der Waals surface area contributed by atoms with Gasteiger partial charge in [-0.05, 0) is 17.5 Å². The largest absolute Gasteiger partial charge is 0.343 e. The molecule has 2 atom stereocenters. The minimum Gasteiger partial charge on any atom is -0.323 e. The lowest BCUT2D eigenvalue weighted by atomic mass is 10.1. The van der Waals surface area contributed by atoms with Crippen LogP contribution in [0.1, 0.15) is 17.2 Å². The number of hydrogen-bond donors (Lipinski definition) is 2. The number of aromatic amines is 1. The molecule has 3 N–H and O–H groups in total. The van der Waals surface area contributed by atoms with Crippen LogP contribution in [-0.4, -0.2) is 20.0 Å². The quantitative estimate of drug-likeness (QED) is 0.840. The fourth-order valence-electron chi connectivity index (χ4n) is 2.28. The number of H-pyrrole nitrogens is 1. The molecule has 1 heterocycles. The Labute approximate surface area is 108 Å². The van der Waals surface area contributed by atoms with Gasteiger partial charge in [0.2, 0.25) is 0 Å². The summed E-state index contributed by atoms with van der Waals surface area (Å²) in [5.41, 5.74) is 8.55. The summed E-state index contributed by atoms with van der Waals surface area (Å²) in [7, 11) is 1.71. The molecule has 3 rings (SSSR count). The molecule has 2 aromatic rings. The Balaban J connectivity index is 1.85. The maximum absolute atomic E-state index is 11.3. The topological polar surface area (TPSA) is 76.7 Å². The summed E-state index contributed by atoms with van der Waals surface area (Å²) in [5, 5.41) is 7.37. The Hall–Kier alpha value is -1.53. The SMILES string of the molecule is Cn1c(SC2Cc3ccccc3C2N)n[nH]c1=O. The first-order valence-corrected chi connectivity index (χ1v) is 6.66. The van der Waals surface area contributed by atoms with Crippen molar-refractivity contribution >= 4 is 11.8 Å². The number of thioether (sulfide) groups is 1. The smallest absolute Gasteiger partial charge is 0.323 e. The summed E-state index contributed by atoms with van der Waals surface area (Å²) in [6.07, 6.45) is 0.920. The molecule has 5 nitrogen and oxygen atoms in total. The van der Waals surface area contributed by atoms with Gasteiger partial charge in [-0.25, -0.2) is 9.89 Å². The predicted molar refractivity (Wildman–Crippen MR) is 70.5 cm³/mol. The molecule has 0 radical (unpaired) electrons. The van der Waals surface area contributed by atoms with Gasteiger partial charge >= 0.3 is 5.69 Å². The van der Waals surface area contributed by atoms with E-state index >= 15 is 0 Å². The molecule has 6 heteroatoms. The summed E-state index contributed by atoms with van der Waals surface area (Å²) in [6.45, 7) is 0. The van der Waals surface area contributed by atoms with E-state index in [4.69, 9.17) is 5.73 Å². The molecule has 1 aliphatic rings. The van der Waals surface area contributed by atoms with Crippen molar-refractivity contribution < 1.29 is 0 Å². The average Bonchev–Trinajstić information content (AvgIpc) is 2.86. The molecule has 1 aromatic heterocycles. The standard InChI is InChI=1S/C12H14N4OS/c1-16-11(17)14-15-12(16)18-9-6-7-4-2-3-5-8(7)10(9)13/h2-5,9-10H,6,13H2,1H3,(H,14,17). The second-order valence-electron chi connectivity index (χ2n) is 4.46. The number of aromatic nitrogens is 3. The number of nitrogens with one attached hydrogen (secondary N) is 1. The normalized spacial score (nSPS) is 22.1. The molecule has 0 amide bonds. The van der Waals surface area contributed by atoms with Crippen LogP contribution in [0.2, 0.25) is 0 Å². The van der Waals surface area contributed by atoms with Gasteiger partial charge in [0.05, 0.1) is 0 Å². The highest BCUT2D eigenvalue weighted by Crippen LogP contribution is 2.38. The second-order valence-corrected chi connectivity index (χ2v) is 5.66. The first-order chi connectivity index (χ1) is 8.66. The lowest BCUT2D eigenvalue weighted by Gasteiger charge is -2.14. The van der Waals surface area contributed by atoms with Crippen LogP contribution in [-0.2, 0) is 13.5 Å². The van der Waals surface area contributed by atoms with Gasteiger partial charge in [0.25, 0.3) is 0 Å². The second kappa shape index (κ2) is 4.29. The van der Waals surface area contributed by atoms with Gasteiger partial charge in [-0.15, -0.1) is 5.10 Å². The van der Waals surface area contributed by atoms with E-state index in [9.17, 15) is 4.79 Å². The highest BCUT2D eigenvalue weighted by atomic mass is 32.2. The van der Waals surface area contributed by atoms with Crippen LogP contribution in [0.15, 0.2) is 34.2 Å². The molecule has 0 saturated carbocycles. The van der Waals surface area contributed by atoms with Crippen LogP contribution in [0.25, 0.3) is 0 Å². The number of fused-ring (bicyclic) bond motifs is 1. The Morgan fingerprint density at radius 3 is 2.94 bits per heavy atom. The van der Waals surface area contributed by atoms with Crippen molar-refractivity contribution in [2.75, 3.05) is 0 Å². The Kier molecular flexibility index (Phi) is 2.76. The van der Waals surface area contributed by atoms with Crippen molar-refractivity contribution in [2.45, 2.75) is 22.9 Å². The highest BCUT2D eigenvalue weighted by molar-refractivity contribution is 7.99. The first-order valence-electron chi connectivity index (χ1n) is 5.78. The van der Waals surface area contributed by atoms with E-state index in [0.29, 0.717) is 5.16 Å². The van der Waals surface area contributed by atoms with Crippen LogP contribution >= 0.6 is 11.8 Å². The number of rotatable bonds is 2. The van der Waals surface area contributed by atoms with E-state index in [2.05, 4.69) is 22.3 Å². The lowest BCUT2D eigenvalue weighted by Crippen LogP contribution is -2.20. The fraction of sp³-hybridized carbons (Fsp3) is 0.333. The van der Waals surface area contributed by atoms with E-state index in [0.717, 1.165) is 6.42 Å². The lowest BCUT2D eigenvalue weighted by molar-refractivity contribution is 0.713. The number of nitrogens with two attached hydrogens (primary N) is 1. The van der Waals surface area contributed by atoms with Gasteiger partial charge < -0.3 is 5.73 Å².